The largest absolute Gasteiger partial charge is 0.495 e. The van der Waals surface area contributed by atoms with Crippen LogP contribution < -0.4 is 15.8 Å². The molecule has 4 nitrogen and oxygen atoms in total. The third-order valence-corrected chi connectivity index (χ3v) is 3.75. The zero-order valence-electron chi connectivity index (χ0n) is 11.8. The molecule has 0 aromatic heterocycles. The minimum Gasteiger partial charge on any atom is -0.495 e. The fourth-order valence-corrected chi connectivity index (χ4v) is 2.30. The third-order valence-electron chi connectivity index (χ3n) is 3.29. The molecule has 0 saturated carbocycles. The number of rotatable bonds is 5. The van der Waals surface area contributed by atoms with Crippen LogP contribution in [-0.2, 0) is 4.79 Å². The quantitative estimate of drug-likeness (QED) is 0.872. The van der Waals surface area contributed by atoms with E-state index < -0.39 is 6.04 Å². The molecule has 19 heavy (non-hydrogen) atoms. The predicted molar refractivity (Wildman–Crippen MR) is 81.5 cm³/mol. The van der Waals surface area contributed by atoms with Crippen LogP contribution in [0.15, 0.2) is 16.6 Å². The number of nitrogens with two attached hydrogens (primary N) is 1. The number of carbonyl (C=O) groups excluding carboxylic acids is 1. The Balaban J connectivity index is 2.96. The van der Waals surface area contributed by atoms with Gasteiger partial charge in [0.15, 0.2) is 0 Å². The Bertz CT molecular complexity index is 463. The van der Waals surface area contributed by atoms with Crippen molar-refractivity contribution in [3.63, 3.8) is 0 Å². The number of hydrogen-bond acceptors (Lipinski definition) is 3. The van der Waals surface area contributed by atoms with Gasteiger partial charge in [-0.2, -0.15) is 0 Å². The SMILES string of the molecule is CCC(C)[C@H](N)C(=O)Nc1c(C)cc(Br)cc1OC. The molecule has 3 N–H and O–H groups in total. The van der Waals surface area contributed by atoms with Crippen molar-refractivity contribution >= 4 is 27.5 Å². The van der Waals surface area contributed by atoms with Gasteiger partial charge in [-0.1, -0.05) is 36.2 Å². The van der Waals surface area contributed by atoms with E-state index in [1.807, 2.05) is 32.9 Å². The molecule has 0 aliphatic rings. The molecule has 2 atom stereocenters. The predicted octanol–water partition coefficient (Wildman–Crippen LogP) is 3.08. The van der Waals surface area contributed by atoms with Crippen LogP contribution in [0.5, 0.6) is 5.75 Å². The lowest BCUT2D eigenvalue weighted by atomic mass is 9.99. The van der Waals surface area contributed by atoms with Gasteiger partial charge < -0.3 is 15.8 Å². The molecule has 5 heteroatoms. The first kappa shape index (κ1) is 16.0. The number of benzene rings is 1. The smallest absolute Gasteiger partial charge is 0.241 e. The number of amides is 1. The Labute approximate surface area is 122 Å². The van der Waals surface area contributed by atoms with Gasteiger partial charge in [0, 0.05) is 4.47 Å². The summed E-state index contributed by atoms with van der Waals surface area (Å²) >= 11 is 3.40. The summed E-state index contributed by atoms with van der Waals surface area (Å²) in [4.78, 5) is 12.1. The summed E-state index contributed by atoms with van der Waals surface area (Å²) in [5.41, 5.74) is 7.53. The highest BCUT2D eigenvalue weighted by Gasteiger charge is 2.21. The molecular formula is C14H21BrN2O2. The van der Waals surface area contributed by atoms with Gasteiger partial charge in [-0.25, -0.2) is 0 Å². The van der Waals surface area contributed by atoms with Gasteiger partial charge in [0.05, 0.1) is 18.8 Å². The second-order valence-corrected chi connectivity index (χ2v) is 5.62. The van der Waals surface area contributed by atoms with Gasteiger partial charge in [-0.3, -0.25) is 4.79 Å². The van der Waals surface area contributed by atoms with Crippen LogP contribution in [0.1, 0.15) is 25.8 Å². The standard InChI is InChI=1S/C14H21BrN2O2/c1-5-8(2)12(16)14(18)17-13-9(3)6-10(15)7-11(13)19-4/h6-8,12H,5,16H2,1-4H3,(H,17,18)/t8?,12-/m0/s1. The van der Waals surface area contributed by atoms with Gasteiger partial charge in [-0.05, 0) is 30.5 Å². The summed E-state index contributed by atoms with van der Waals surface area (Å²) in [5, 5.41) is 2.86. The average molecular weight is 329 g/mol. The maximum atomic E-state index is 12.1. The molecule has 1 aromatic carbocycles. The van der Waals surface area contributed by atoms with Crippen molar-refractivity contribution in [2.24, 2.45) is 11.7 Å². The van der Waals surface area contributed by atoms with E-state index in [-0.39, 0.29) is 11.8 Å². The average Bonchev–Trinajstić information content (AvgIpc) is 2.39. The van der Waals surface area contributed by atoms with E-state index in [1.54, 1.807) is 7.11 Å². The summed E-state index contributed by atoms with van der Waals surface area (Å²) < 4.78 is 6.20. The lowest BCUT2D eigenvalue weighted by Gasteiger charge is -2.20. The molecule has 0 spiro atoms. The molecule has 0 heterocycles. The van der Waals surface area contributed by atoms with Gasteiger partial charge in [0.25, 0.3) is 0 Å². The zero-order chi connectivity index (χ0) is 14.6. The van der Waals surface area contributed by atoms with Crippen molar-refractivity contribution in [1.29, 1.82) is 0 Å². The molecule has 1 aromatic rings. The van der Waals surface area contributed by atoms with Crippen molar-refractivity contribution in [2.75, 3.05) is 12.4 Å². The Hall–Kier alpha value is -1.07. The van der Waals surface area contributed by atoms with Crippen LogP contribution in [-0.4, -0.2) is 19.1 Å². The minimum absolute atomic E-state index is 0.141. The number of carbonyl (C=O) groups is 1. The number of ether oxygens (including phenoxy) is 1. The van der Waals surface area contributed by atoms with Crippen molar-refractivity contribution in [2.45, 2.75) is 33.2 Å². The first-order chi connectivity index (χ1) is 8.90. The number of aryl methyl sites for hydroxylation is 1. The van der Waals surface area contributed by atoms with E-state index >= 15 is 0 Å². The lowest BCUT2D eigenvalue weighted by molar-refractivity contribution is -0.118. The van der Waals surface area contributed by atoms with Gasteiger partial charge >= 0.3 is 0 Å². The molecule has 0 saturated heterocycles. The fraction of sp³-hybridized carbons (Fsp3) is 0.500. The van der Waals surface area contributed by atoms with E-state index in [1.165, 1.54) is 0 Å². The molecule has 1 amide bonds. The minimum atomic E-state index is -0.516. The van der Waals surface area contributed by atoms with Crippen LogP contribution in [0.4, 0.5) is 5.69 Å². The van der Waals surface area contributed by atoms with Crippen LogP contribution in [0.25, 0.3) is 0 Å². The maximum absolute atomic E-state index is 12.1. The third kappa shape index (κ3) is 3.94. The summed E-state index contributed by atoms with van der Waals surface area (Å²) in [7, 11) is 1.57. The van der Waals surface area contributed by atoms with Crippen molar-refractivity contribution in [1.82, 2.24) is 0 Å². The van der Waals surface area contributed by atoms with Crippen LogP contribution in [0, 0.1) is 12.8 Å². The molecule has 0 bridgehead atoms. The first-order valence-electron chi connectivity index (χ1n) is 6.31. The summed E-state index contributed by atoms with van der Waals surface area (Å²) in [5.74, 6) is 0.580. The molecule has 0 fully saturated rings. The Morgan fingerprint density at radius 1 is 1.53 bits per heavy atom. The molecule has 1 unspecified atom stereocenters. The molecule has 0 radical (unpaired) electrons. The van der Waals surface area contributed by atoms with Crippen LogP contribution in [0.3, 0.4) is 0 Å². The Morgan fingerprint density at radius 2 is 2.16 bits per heavy atom. The van der Waals surface area contributed by atoms with Gasteiger partial charge in [0.2, 0.25) is 5.91 Å². The summed E-state index contributed by atoms with van der Waals surface area (Å²) in [6.07, 6.45) is 0.866. The molecule has 0 aliphatic heterocycles. The van der Waals surface area contributed by atoms with Gasteiger partial charge in [0.1, 0.15) is 5.75 Å². The summed E-state index contributed by atoms with van der Waals surface area (Å²) in [6, 6.07) is 3.22. The highest BCUT2D eigenvalue weighted by molar-refractivity contribution is 9.10. The van der Waals surface area contributed by atoms with E-state index in [0.29, 0.717) is 11.4 Å². The second kappa shape index (κ2) is 6.91. The Kier molecular flexibility index (Phi) is 5.82. The highest BCUT2D eigenvalue weighted by atomic mass is 79.9. The normalized spacial score (nSPS) is 13.8. The fourth-order valence-electron chi connectivity index (χ4n) is 1.75. The molecule has 0 aliphatic carbocycles. The van der Waals surface area contributed by atoms with E-state index in [0.717, 1.165) is 16.5 Å². The van der Waals surface area contributed by atoms with Crippen molar-refractivity contribution in [3.8, 4) is 5.75 Å². The summed E-state index contributed by atoms with van der Waals surface area (Å²) in [6.45, 7) is 5.90. The number of nitrogens with one attached hydrogen (secondary N) is 1. The van der Waals surface area contributed by atoms with E-state index in [2.05, 4.69) is 21.2 Å². The molecular weight excluding hydrogens is 308 g/mol. The second-order valence-electron chi connectivity index (χ2n) is 4.70. The maximum Gasteiger partial charge on any atom is 0.241 e. The number of methoxy groups -OCH3 is 1. The van der Waals surface area contributed by atoms with E-state index in [4.69, 9.17) is 10.5 Å². The number of anilines is 1. The van der Waals surface area contributed by atoms with Crippen molar-refractivity contribution < 1.29 is 9.53 Å². The van der Waals surface area contributed by atoms with Gasteiger partial charge in [-0.15, -0.1) is 0 Å². The number of halogens is 1. The van der Waals surface area contributed by atoms with Crippen LogP contribution in [0.2, 0.25) is 0 Å². The molecule has 106 valence electrons. The first-order valence-corrected chi connectivity index (χ1v) is 7.10. The zero-order valence-corrected chi connectivity index (χ0v) is 13.4. The Morgan fingerprint density at radius 3 is 2.68 bits per heavy atom. The van der Waals surface area contributed by atoms with Crippen LogP contribution >= 0.6 is 15.9 Å². The monoisotopic (exact) mass is 328 g/mol. The number of hydrogen-bond donors (Lipinski definition) is 2. The highest BCUT2D eigenvalue weighted by Crippen LogP contribution is 2.32. The topological polar surface area (TPSA) is 64.4 Å². The molecule has 1 rings (SSSR count). The van der Waals surface area contributed by atoms with E-state index in [9.17, 15) is 4.79 Å². The van der Waals surface area contributed by atoms with Crippen molar-refractivity contribution in [3.05, 3.63) is 22.2 Å². The lowest BCUT2D eigenvalue weighted by Crippen LogP contribution is -2.40.